The highest BCUT2D eigenvalue weighted by atomic mass is 79.9. The molecule has 1 N–H and O–H groups in total. The van der Waals surface area contributed by atoms with Gasteiger partial charge in [0.05, 0.1) is 12.8 Å². The third kappa shape index (κ3) is 4.25. The number of hydrogen-bond donors (Lipinski definition) is 1. The molecule has 34 heavy (non-hydrogen) atoms. The molecule has 6 nitrogen and oxygen atoms in total. The van der Waals surface area contributed by atoms with Gasteiger partial charge in [-0.15, -0.1) is 0 Å². The van der Waals surface area contributed by atoms with E-state index >= 15 is 0 Å². The number of carbonyl (C=O) groups is 2. The van der Waals surface area contributed by atoms with Crippen molar-refractivity contribution in [3.05, 3.63) is 57.6 Å². The molecule has 1 unspecified atom stereocenters. The summed E-state index contributed by atoms with van der Waals surface area (Å²) in [6.45, 7) is 9.74. The zero-order chi connectivity index (χ0) is 24.8. The van der Waals surface area contributed by atoms with Gasteiger partial charge in [-0.05, 0) is 81.2 Å². The minimum atomic E-state index is -0.523. The fraction of sp³-hybridized carbons (Fsp3) is 0.346. The largest absolute Gasteiger partial charge is 0.496 e. The first kappa shape index (κ1) is 24.4. The summed E-state index contributed by atoms with van der Waals surface area (Å²) in [4.78, 5) is 30.0. The SMILES string of the molecule is CCN1c2cc(OC)c(/C=C3/C(=O)NC(=S)N(c4cccc(Br)c4)C3=O)cc2C(C)CC1(C)C. The molecule has 8 heteroatoms. The number of anilines is 2. The molecule has 178 valence electrons. The molecule has 0 radical (unpaired) electrons. The first-order valence-electron chi connectivity index (χ1n) is 11.2. The molecular formula is C26H28BrN3O3S. The number of benzene rings is 2. The molecule has 0 bridgehead atoms. The molecule has 0 saturated carbocycles. The molecule has 0 spiro atoms. The van der Waals surface area contributed by atoms with Crippen LogP contribution in [-0.2, 0) is 9.59 Å². The van der Waals surface area contributed by atoms with Crippen LogP contribution in [-0.4, -0.2) is 36.1 Å². The van der Waals surface area contributed by atoms with E-state index in [4.69, 9.17) is 17.0 Å². The maximum absolute atomic E-state index is 13.4. The molecule has 1 fully saturated rings. The normalized spacial score (nSPS) is 20.9. The van der Waals surface area contributed by atoms with Crippen LogP contribution in [0.15, 0.2) is 46.4 Å². The van der Waals surface area contributed by atoms with E-state index < -0.39 is 11.8 Å². The van der Waals surface area contributed by atoms with E-state index in [0.29, 0.717) is 22.9 Å². The van der Waals surface area contributed by atoms with Gasteiger partial charge in [-0.1, -0.05) is 28.9 Å². The Kier molecular flexibility index (Phi) is 6.57. The number of carbonyl (C=O) groups excluding carboxylic acids is 2. The standard InChI is InChI=1S/C26H28BrN3O3S/c1-6-29-21-13-22(33-5)16(10-19(21)15(2)14-26(29,3)4)11-20-23(31)28-25(34)30(24(20)32)18-9-7-8-17(27)12-18/h7-13,15H,6,14H2,1-5H3,(H,28,31,34)/b20-11-. The van der Waals surface area contributed by atoms with Gasteiger partial charge in [0.25, 0.3) is 11.8 Å². The smallest absolute Gasteiger partial charge is 0.270 e. The maximum Gasteiger partial charge on any atom is 0.270 e. The summed E-state index contributed by atoms with van der Waals surface area (Å²) in [5.41, 5.74) is 3.58. The van der Waals surface area contributed by atoms with Crippen LogP contribution in [0.25, 0.3) is 6.08 Å². The number of rotatable bonds is 4. The van der Waals surface area contributed by atoms with Gasteiger partial charge in [-0.3, -0.25) is 19.8 Å². The van der Waals surface area contributed by atoms with Gasteiger partial charge in [-0.2, -0.15) is 0 Å². The average molecular weight is 542 g/mol. The summed E-state index contributed by atoms with van der Waals surface area (Å²) >= 11 is 8.74. The number of thiocarbonyl (C=S) groups is 1. The lowest BCUT2D eigenvalue weighted by molar-refractivity contribution is -0.122. The quantitative estimate of drug-likeness (QED) is 0.319. The summed E-state index contributed by atoms with van der Waals surface area (Å²) in [6.07, 6.45) is 2.60. The highest BCUT2D eigenvalue weighted by Gasteiger charge is 2.37. The summed E-state index contributed by atoms with van der Waals surface area (Å²) in [6, 6.07) is 11.3. The van der Waals surface area contributed by atoms with Gasteiger partial charge in [0.1, 0.15) is 11.3 Å². The van der Waals surface area contributed by atoms with Crippen molar-refractivity contribution in [3.8, 4) is 5.75 Å². The van der Waals surface area contributed by atoms with E-state index in [0.717, 1.165) is 23.1 Å². The van der Waals surface area contributed by atoms with E-state index in [-0.39, 0.29) is 16.2 Å². The van der Waals surface area contributed by atoms with Gasteiger partial charge >= 0.3 is 0 Å². The third-order valence-corrected chi connectivity index (χ3v) is 7.30. The van der Waals surface area contributed by atoms with Crippen molar-refractivity contribution >= 4 is 62.5 Å². The Morgan fingerprint density at radius 3 is 2.65 bits per heavy atom. The first-order chi connectivity index (χ1) is 16.1. The van der Waals surface area contributed by atoms with Crippen LogP contribution in [0, 0.1) is 0 Å². The van der Waals surface area contributed by atoms with Crippen molar-refractivity contribution in [1.29, 1.82) is 0 Å². The molecular weight excluding hydrogens is 514 g/mol. The topological polar surface area (TPSA) is 61.9 Å². The van der Waals surface area contributed by atoms with Crippen LogP contribution in [0.4, 0.5) is 11.4 Å². The highest BCUT2D eigenvalue weighted by Crippen LogP contribution is 2.46. The minimum absolute atomic E-state index is 0.00275. The molecule has 2 aliphatic heterocycles. The van der Waals surface area contributed by atoms with Crippen molar-refractivity contribution in [1.82, 2.24) is 5.32 Å². The Bertz CT molecular complexity index is 1220. The van der Waals surface area contributed by atoms with Crippen LogP contribution >= 0.6 is 28.1 Å². The van der Waals surface area contributed by atoms with Gasteiger partial charge in [0.2, 0.25) is 0 Å². The number of nitrogens with one attached hydrogen (secondary N) is 1. The Balaban J connectivity index is 1.81. The van der Waals surface area contributed by atoms with Crippen LogP contribution in [0.5, 0.6) is 5.75 Å². The van der Waals surface area contributed by atoms with Gasteiger partial charge in [-0.25, -0.2) is 0 Å². The van der Waals surface area contributed by atoms with E-state index in [2.05, 4.69) is 53.8 Å². The van der Waals surface area contributed by atoms with Crippen LogP contribution in [0.2, 0.25) is 0 Å². The zero-order valence-electron chi connectivity index (χ0n) is 19.9. The van der Waals surface area contributed by atoms with Crippen LogP contribution in [0.3, 0.4) is 0 Å². The predicted molar refractivity (Wildman–Crippen MR) is 143 cm³/mol. The van der Waals surface area contributed by atoms with Crippen molar-refractivity contribution in [3.63, 3.8) is 0 Å². The second kappa shape index (κ2) is 9.15. The summed E-state index contributed by atoms with van der Waals surface area (Å²) in [5, 5.41) is 2.70. The Morgan fingerprint density at radius 2 is 2.00 bits per heavy atom. The zero-order valence-corrected chi connectivity index (χ0v) is 22.3. The molecule has 2 aromatic rings. The molecule has 1 saturated heterocycles. The van der Waals surface area contributed by atoms with Crippen molar-refractivity contribution < 1.29 is 14.3 Å². The number of fused-ring (bicyclic) bond motifs is 1. The number of ether oxygens (including phenoxy) is 1. The number of hydrogen-bond acceptors (Lipinski definition) is 5. The number of methoxy groups -OCH3 is 1. The van der Waals surface area contributed by atoms with Crippen molar-refractivity contribution in [2.24, 2.45) is 0 Å². The molecule has 1 atom stereocenters. The van der Waals surface area contributed by atoms with E-state index in [1.54, 1.807) is 25.3 Å². The third-order valence-electron chi connectivity index (χ3n) is 6.52. The monoisotopic (exact) mass is 541 g/mol. The van der Waals surface area contributed by atoms with Crippen molar-refractivity contribution in [2.45, 2.75) is 45.6 Å². The molecule has 2 aliphatic rings. The maximum atomic E-state index is 13.4. The summed E-state index contributed by atoms with van der Waals surface area (Å²) in [7, 11) is 1.60. The Morgan fingerprint density at radius 1 is 1.26 bits per heavy atom. The predicted octanol–water partition coefficient (Wildman–Crippen LogP) is 5.40. The van der Waals surface area contributed by atoms with Crippen LogP contribution in [0.1, 0.15) is 51.2 Å². The fourth-order valence-electron chi connectivity index (χ4n) is 5.08. The van der Waals surface area contributed by atoms with E-state index in [9.17, 15) is 9.59 Å². The molecule has 2 aromatic carbocycles. The number of nitrogens with zero attached hydrogens (tertiary/aromatic N) is 2. The lowest BCUT2D eigenvalue weighted by Gasteiger charge is -2.47. The molecule has 2 amide bonds. The van der Waals surface area contributed by atoms with Gasteiger partial charge in [0, 0.05) is 33.9 Å². The number of amides is 2. The second-order valence-corrected chi connectivity index (χ2v) is 10.6. The average Bonchev–Trinajstić information content (AvgIpc) is 2.76. The fourth-order valence-corrected chi connectivity index (χ4v) is 5.75. The minimum Gasteiger partial charge on any atom is -0.496 e. The second-order valence-electron chi connectivity index (χ2n) is 9.25. The molecule has 0 aliphatic carbocycles. The van der Waals surface area contributed by atoms with Crippen molar-refractivity contribution in [2.75, 3.05) is 23.5 Å². The van der Waals surface area contributed by atoms with Crippen LogP contribution < -0.4 is 19.9 Å². The Hall–Kier alpha value is -2.71. The van der Waals surface area contributed by atoms with E-state index in [1.165, 1.54) is 10.5 Å². The molecule has 2 heterocycles. The lowest BCUT2D eigenvalue weighted by Crippen LogP contribution is -2.54. The van der Waals surface area contributed by atoms with Gasteiger partial charge in [0.15, 0.2) is 5.11 Å². The van der Waals surface area contributed by atoms with E-state index in [1.807, 2.05) is 24.3 Å². The summed E-state index contributed by atoms with van der Waals surface area (Å²) < 4.78 is 6.51. The number of halogens is 1. The first-order valence-corrected chi connectivity index (χ1v) is 12.4. The molecule has 0 aromatic heterocycles. The summed E-state index contributed by atoms with van der Waals surface area (Å²) in [5.74, 6) is -0.0729. The Labute approximate surface area is 214 Å². The lowest BCUT2D eigenvalue weighted by atomic mass is 9.79. The molecule has 4 rings (SSSR count). The van der Waals surface area contributed by atoms with Gasteiger partial charge < -0.3 is 9.64 Å². The highest BCUT2D eigenvalue weighted by molar-refractivity contribution is 9.10.